The van der Waals surface area contributed by atoms with E-state index in [0.717, 1.165) is 12.6 Å². The van der Waals surface area contributed by atoms with Crippen molar-refractivity contribution in [3.05, 3.63) is 48.5 Å². The number of hydrogen-bond acceptors (Lipinski definition) is 3. The monoisotopic (exact) mass is 282 g/mol. The number of hydrogen-bond donors (Lipinski definition) is 1. The average molecular weight is 282 g/mol. The third kappa shape index (κ3) is 2.87. The molecule has 4 heteroatoms. The third-order valence-corrected chi connectivity index (χ3v) is 4.75. The largest absolute Gasteiger partial charge is 0.310 e. The van der Waals surface area contributed by atoms with Crippen molar-refractivity contribution in [2.24, 2.45) is 0 Å². The van der Waals surface area contributed by atoms with Crippen LogP contribution in [0.4, 0.5) is 0 Å². The summed E-state index contributed by atoms with van der Waals surface area (Å²) in [5.41, 5.74) is 2.57. The lowest BCUT2D eigenvalue weighted by atomic mass is 10.1. The zero-order valence-electron chi connectivity index (χ0n) is 12.3. The lowest BCUT2D eigenvalue weighted by Gasteiger charge is -2.24. The first-order chi connectivity index (χ1) is 10.4. The molecule has 0 saturated carbocycles. The maximum absolute atomic E-state index is 4.09. The van der Waals surface area contributed by atoms with Crippen LogP contribution in [0.2, 0.25) is 0 Å². The maximum atomic E-state index is 4.09. The predicted octanol–water partition coefficient (Wildman–Crippen LogP) is 2.20. The molecular formula is C17H22N4. The van der Waals surface area contributed by atoms with Gasteiger partial charge in [-0.05, 0) is 37.0 Å². The van der Waals surface area contributed by atoms with E-state index >= 15 is 0 Å². The van der Waals surface area contributed by atoms with E-state index < -0.39 is 0 Å². The van der Waals surface area contributed by atoms with Gasteiger partial charge in [-0.25, -0.2) is 4.98 Å². The van der Waals surface area contributed by atoms with Gasteiger partial charge in [0.25, 0.3) is 0 Å². The third-order valence-electron chi connectivity index (χ3n) is 4.75. The standard InChI is InChI=1S/C17H22N4/c1-5-17(21-10-8-18-13-21)6-2-14(1)11-20-9-7-15-3-4-16(12-20)19-15/h1-2,5-6,8,10,13,15-16,19H,3-4,7,9,11-12H2. The average Bonchev–Trinajstić information content (AvgIpc) is 3.12. The zero-order chi connectivity index (χ0) is 14.1. The Bertz CT molecular complexity index is 575. The fraction of sp³-hybridized carbons (Fsp3) is 0.471. The van der Waals surface area contributed by atoms with E-state index in [1.807, 2.05) is 23.3 Å². The molecule has 2 aliphatic rings. The molecular weight excluding hydrogens is 260 g/mol. The fourth-order valence-corrected chi connectivity index (χ4v) is 3.60. The molecule has 2 aromatic rings. The smallest absolute Gasteiger partial charge is 0.0991 e. The molecule has 1 aromatic carbocycles. The fourth-order valence-electron chi connectivity index (χ4n) is 3.60. The summed E-state index contributed by atoms with van der Waals surface area (Å²) in [5, 5.41) is 3.74. The van der Waals surface area contributed by atoms with Gasteiger partial charge in [-0.15, -0.1) is 0 Å². The molecule has 2 bridgehead atoms. The Morgan fingerprint density at radius 2 is 1.95 bits per heavy atom. The van der Waals surface area contributed by atoms with Gasteiger partial charge < -0.3 is 9.88 Å². The molecule has 3 heterocycles. The summed E-state index contributed by atoms with van der Waals surface area (Å²) in [6.45, 7) is 3.48. The van der Waals surface area contributed by atoms with Gasteiger partial charge in [0.05, 0.1) is 6.33 Å². The predicted molar refractivity (Wildman–Crippen MR) is 83.4 cm³/mol. The molecule has 1 aromatic heterocycles. The van der Waals surface area contributed by atoms with Crippen molar-refractivity contribution in [2.45, 2.75) is 37.9 Å². The van der Waals surface area contributed by atoms with Gasteiger partial charge in [-0.2, -0.15) is 0 Å². The molecule has 0 amide bonds. The second-order valence-electron chi connectivity index (χ2n) is 6.30. The molecule has 2 unspecified atom stereocenters. The van der Waals surface area contributed by atoms with Crippen molar-refractivity contribution in [1.82, 2.24) is 19.8 Å². The van der Waals surface area contributed by atoms with Gasteiger partial charge in [0.2, 0.25) is 0 Å². The Morgan fingerprint density at radius 3 is 2.76 bits per heavy atom. The molecule has 0 radical (unpaired) electrons. The number of imidazole rings is 1. The second kappa shape index (κ2) is 5.62. The van der Waals surface area contributed by atoms with E-state index in [0.29, 0.717) is 6.04 Å². The van der Waals surface area contributed by atoms with E-state index in [1.54, 1.807) is 0 Å². The van der Waals surface area contributed by atoms with Gasteiger partial charge in [-0.3, -0.25) is 4.90 Å². The second-order valence-corrected chi connectivity index (χ2v) is 6.30. The lowest BCUT2D eigenvalue weighted by Crippen LogP contribution is -2.34. The van der Waals surface area contributed by atoms with Crippen LogP contribution in [-0.4, -0.2) is 39.6 Å². The Kier molecular flexibility index (Phi) is 3.49. The summed E-state index contributed by atoms with van der Waals surface area (Å²) in [5.74, 6) is 0. The van der Waals surface area contributed by atoms with E-state index in [4.69, 9.17) is 0 Å². The highest BCUT2D eigenvalue weighted by molar-refractivity contribution is 5.34. The van der Waals surface area contributed by atoms with Crippen LogP contribution in [0.15, 0.2) is 43.0 Å². The summed E-state index contributed by atoms with van der Waals surface area (Å²) in [6.07, 6.45) is 9.65. The van der Waals surface area contributed by atoms with Crippen LogP contribution in [0.5, 0.6) is 0 Å². The van der Waals surface area contributed by atoms with Crippen molar-refractivity contribution in [3.63, 3.8) is 0 Å². The summed E-state index contributed by atoms with van der Waals surface area (Å²) in [6, 6.07) is 10.3. The van der Waals surface area contributed by atoms with Crippen LogP contribution in [0, 0.1) is 0 Å². The number of fused-ring (bicyclic) bond motifs is 2. The molecule has 21 heavy (non-hydrogen) atoms. The van der Waals surface area contributed by atoms with Crippen molar-refractivity contribution in [2.75, 3.05) is 13.1 Å². The van der Waals surface area contributed by atoms with E-state index in [9.17, 15) is 0 Å². The molecule has 0 aliphatic carbocycles. The molecule has 1 N–H and O–H groups in total. The van der Waals surface area contributed by atoms with E-state index in [1.165, 1.54) is 43.6 Å². The first-order valence-electron chi connectivity index (χ1n) is 7.92. The highest BCUT2D eigenvalue weighted by Gasteiger charge is 2.28. The Labute approximate surface area is 125 Å². The Hall–Kier alpha value is -1.65. The number of benzene rings is 1. The number of likely N-dealkylation sites (tertiary alicyclic amines) is 1. The Morgan fingerprint density at radius 1 is 1.10 bits per heavy atom. The lowest BCUT2D eigenvalue weighted by molar-refractivity contribution is 0.251. The highest BCUT2D eigenvalue weighted by Crippen LogP contribution is 2.21. The number of rotatable bonds is 3. The highest BCUT2D eigenvalue weighted by atomic mass is 15.2. The number of nitrogens with one attached hydrogen (secondary N) is 1. The first-order valence-corrected chi connectivity index (χ1v) is 7.92. The summed E-state index contributed by atoms with van der Waals surface area (Å²) in [4.78, 5) is 6.69. The molecule has 0 spiro atoms. The van der Waals surface area contributed by atoms with Crippen LogP contribution in [0.25, 0.3) is 5.69 Å². The minimum absolute atomic E-state index is 0.711. The molecule has 2 atom stereocenters. The van der Waals surface area contributed by atoms with Crippen LogP contribution in [0.1, 0.15) is 24.8 Å². The van der Waals surface area contributed by atoms with Crippen molar-refractivity contribution in [1.29, 1.82) is 0 Å². The molecule has 2 aliphatic heterocycles. The van der Waals surface area contributed by atoms with Gasteiger partial charge >= 0.3 is 0 Å². The van der Waals surface area contributed by atoms with Crippen molar-refractivity contribution >= 4 is 0 Å². The number of nitrogens with zero attached hydrogens (tertiary/aromatic N) is 3. The normalized spacial score (nSPS) is 25.9. The minimum atomic E-state index is 0.711. The molecule has 2 fully saturated rings. The quantitative estimate of drug-likeness (QED) is 0.937. The molecule has 4 nitrogen and oxygen atoms in total. The summed E-state index contributed by atoms with van der Waals surface area (Å²) >= 11 is 0. The molecule has 4 rings (SSSR count). The van der Waals surface area contributed by atoms with Crippen LogP contribution in [-0.2, 0) is 6.54 Å². The van der Waals surface area contributed by atoms with Crippen molar-refractivity contribution < 1.29 is 0 Å². The van der Waals surface area contributed by atoms with E-state index in [-0.39, 0.29) is 0 Å². The van der Waals surface area contributed by atoms with Crippen molar-refractivity contribution in [3.8, 4) is 5.69 Å². The summed E-state index contributed by atoms with van der Waals surface area (Å²) < 4.78 is 2.04. The SMILES string of the molecule is c1cn(-c2ccc(CN3CCC4CCC(C3)N4)cc2)cn1. The van der Waals surface area contributed by atoms with Crippen LogP contribution < -0.4 is 5.32 Å². The van der Waals surface area contributed by atoms with Gasteiger partial charge in [0.1, 0.15) is 0 Å². The van der Waals surface area contributed by atoms with Gasteiger partial charge in [0, 0.05) is 49.8 Å². The Balaban J connectivity index is 1.42. The maximum Gasteiger partial charge on any atom is 0.0991 e. The van der Waals surface area contributed by atoms with Crippen LogP contribution in [0.3, 0.4) is 0 Å². The van der Waals surface area contributed by atoms with Gasteiger partial charge in [-0.1, -0.05) is 12.1 Å². The topological polar surface area (TPSA) is 33.1 Å². The number of aromatic nitrogens is 2. The molecule has 2 saturated heterocycles. The van der Waals surface area contributed by atoms with E-state index in [2.05, 4.69) is 39.5 Å². The molecule has 110 valence electrons. The zero-order valence-corrected chi connectivity index (χ0v) is 12.3. The summed E-state index contributed by atoms with van der Waals surface area (Å²) in [7, 11) is 0. The van der Waals surface area contributed by atoms with Crippen LogP contribution >= 0.6 is 0 Å². The van der Waals surface area contributed by atoms with Gasteiger partial charge in [0.15, 0.2) is 0 Å². The minimum Gasteiger partial charge on any atom is -0.310 e. The first kappa shape index (κ1) is 13.0.